The molecule has 1 aromatic rings. The average Bonchev–Trinajstić information content (AvgIpc) is 2.31. The smallest absolute Gasteiger partial charge is 0.293 e. The summed E-state index contributed by atoms with van der Waals surface area (Å²) in [5.74, 6) is 0.0931. The van der Waals surface area contributed by atoms with Gasteiger partial charge in [-0.2, -0.15) is 0 Å². The van der Waals surface area contributed by atoms with Crippen molar-refractivity contribution in [2.45, 2.75) is 13.5 Å². The molecular weight excluding hydrogens is 256 g/mol. The van der Waals surface area contributed by atoms with Crippen molar-refractivity contribution in [1.82, 2.24) is 13.9 Å². The second kappa shape index (κ2) is 5.96. The lowest BCUT2D eigenvalue weighted by Gasteiger charge is -2.12. The van der Waals surface area contributed by atoms with E-state index in [-0.39, 0.29) is 23.7 Å². The molecule has 0 unspecified atom stereocenters. The van der Waals surface area contributed by atoms with Gasteiger partial charge >= 0.3 is 0 Å². The number of hydrogen-bond acceptors (Lipinski definition) is 5. The first-order valence-corrected chi connectivity index (χ1v) is 7.19. The van der Waals surface area contributed by atoms with Gasteiger partial charge in [-0.1, -0.05) is 0 Å². The van der Waals surface area contributed by atoms with Crippen molar-refractivity contribution in [3.63, 3.8) is 0 Å². The second-order valence-corrected chi connectivity index (χ2v) is 6.19. The molecule has 102 valence electrons. The minimum atomic E-state index is -3.26. The van der Waals surface area contributed by atoms with Crippen molar-refractivity contribution < 1.29 is 8.42 Å². The number of anilines is 1. The van der Waals surface area contributed by atoms with E-state index in [2.05, 4.69) is 10.3 Å². The summed E-state index contributed by atoms with van der Waals surface area (Å²) in [6, 6.07) is 0. The average molecular weight is 274 g/mol. The summed E-state index contributed by atoms with van der Waals surface area (Å²) in [7, 11) is -0.318. The maximum absolute atomic E-state index is 11.8. The van der Waals surface area contributed by atoms with Crippen LogP contribution in [0.25, 0.3) is 0 Å². The standard InChI is InChI=1S/C10H18N4O3S/c1-4-14-7-5-11-9(10(14)15)12-6-8-18(16,17)13(2)3/h5,7H,4,6,8H2,1-3H3,(H,11,12). The summed E-state index contributed by atoms with van der Waals surface area (Å²) in [6.07, 6.45) is 3.09. The molecule has 0 aromatic carbocycles. The Hall–Kier alpha value is -1.41. The summed E-state index contributed by atoms with van der Waals surface area (Å²) < 4.78 is 25.7. The van der Waals surface area contributed by atoms with Gasteiger partial charge in [0, 0.05) is 39.6 Å². The van der Waals surface area contributed by atoms with Gasteiger partial charge in [0.15, 0.2) is 5.82 Å². The molecule has 8 heteroatoms. The van der Waals surface area contributed by atoms with Crippen LogP contribution >= 0.6 is 0 Å². The predicted octanol–water partition coefficient (Wildman–Crippen LogP) is -0.433. The molecule has 0 saturated carbocycles. The summed E-state index contributed by atoms with van der Waals surface area (Å²) >= 11 is 0. The zero-order chi connectivity index (χ0) is 13.8. The lowest BCUT2D eigenvalue weighted by molar-refractivity contribution is 0.521. The second-order valence-electron chi connectivity index (χ2n) is 3.89. The van der Waals surface area contributed by atoms with E-state index in [1.165, 1.54) is 24.9 Å². The highest BCUT2D eigenvalue weighted by Gasteiger charge is 2.13. The monoisotopic (exact) mass is 274 g/mol. The van der Waals surface area contributed by atoms with Crippen molar-refractivity contribution in [1.29, 1.82) is 0 Å². The van der Waals surface area contributed by atoms with E-state index >= 15 is 0 Å². The first kappa shape index (κ1) is 14.7. The van der Waals surface area contributed by atoms with Gasteiger partial charge in [0.2, 0.25) is 10.0 Å². The SMILES string of the molecule is CCn1ccnc(NCCS(=O)(=O)N(C)C)c1=O. The van der Waals surface area contributed by atoms with Gasteiger partial charge in [0.1, 0.15) is 0 Å². The third kappa shape index (κ3) is 3.54. The number of aryl methyl sites for hydroxylation is 1. The van der Waals surface area contributed by atoms with E-state index in [1.54, 1.807) is 6.20 Å². The molecule has 0 fully saturated rings. The first-order valence-electron chi connectivity index (χ1n) is 5.58. The molecule has 0 aliphatic heterocycles. The third-order valence-electron chi connectivity index (χ3n) is 2.46. The summed E-state index contributed by atoms with van der Waals surface area (Å²) in [5.41, 5.74) is -0.248. The predicted molar refractivity (Wildman–Crippen MR) is 70.1 cm³/mol. The zero-order valence-electron chi connectivity index (χ0n) is 10.8. The van der Waals surface area contributed by atoms with Crippen LogP contribution in [0.15, 0.2) is 17.2 Å². The largest absolute Gasteiger partial charge is 0.364 e. The van der Waals surface area contributed by atoms with Crippen LogP contribution < -0.4 is 10.9 Å². The van der Waals surface area contributed by atoms with Crippen LogP contribution in [-0.4, -0.2) is 48.7 Å². The molecule has 0 saturated heterocycles. The van der Waals surface area contributed by atoms with E-state index in [9.17, 15) is 13.2 Å². The van der Waals surface area contributed by atoms with E-state index in [0.717, 1.165) is 4.31 Å². The van der Waals surface area contributed by atoms with Gasteiger partial charge in [-0.3, -0.25) is 4.79 Å². The highest BCUT2D eigenvalue weighted by Crippen LogP contribution is 1.96. The number of nitrogens with one attached hydrogen (secondary N) is 1. The Balaban J connectivity index is 2.69. The van der Waals surface area contributed by atoms with E-state index in [0.29, 0.717) is 6.54 Å². The zero-order valence-corrected chi connectivity index (χ0v) is 11.6. The molecule has 0 aliphatic rings. The van der Waals surface area contributed by atoms with Gasteiger partial charge in [-0.15, -0.1) is 0 Å². The van der Waals surface area contributed by atoms with Crippen LogP contribution in [-0.2, 0) is 16.6 Å². The Morgan fingerprint density at radius 3 is 2.67 bits per heavy atom. The first-order chi connectivity index (χ1) is 8.38. The maximum Gasteiger partial charge on any atom is 0.293 e. The minimum Gasteiger partial charge on any atom is -0.364 e. The summed E-state index contributed by atoms with van der Waals surface area (Å²) in [5, 5.41) is 2.75. The molecule has 1 heterocycles. The fourth-order valence-corrected chi connectivity index (χ4v) is 2.02. The molecule has 0 spiro atoms. The molecule has 1 N–H and O–H groups in total. The van der Waals surface area contributed by atoms with E-state index in [4.69, 9.17) is 0 Å². The Labute approximate surface area is 107 Å². The van der Waals surface area contributed by atoms with Crippen LogP contribution in [0.5, 0.6) is 0 Å². The molecule has 1 rings (SSSR count). The Morgan fingerprint density at radius 1 is 1.44 bits per heavy atom. The normalized spacial score (nSPS) is 11.8. The van der Waals surface area contributed by atoms with Crippen molar-refractivity contribution in [3.05, 3.63) is 22.7 Å². The molecule has 18 heavy (non-hydrogen) atoms. The molecule has 0 aliphatic carbocycles. The number of rotatable bonds is 6. The van der Waals surface area contributed by atoms with Gasteiger partial charge < -0.3 is 9.88 Å². The summed E-state index contributed by atoms with van der Waals surface area (Å²) in [4.78, 5) is 15.7. The van der Waals surface area contributed by atoms with Crippen molar-refractivity contribution in [3.8, 4) is 0 Å². The van der Waals surface area contributed by atoms with Gasteiger partial charge in [-0.05, 0) is 6.92 Å². The fourth-order valence-electron chi connectivity index (χ4n) is 1.30. The van der Waals surface area contributed by atoms with Crippen LogP contribution in [0.3, 0.4) is 0 Å². The van der Waals surface area contributed by atoms with Crippen molar-refractivity contribution in [2.24, 2.45) is 0 Å². The van der Waals surface area contributed by atoms with E-state index in [1.807, 2.05) is 6.92 Å². The molecule has 1 aromatic heterocycles. The quantitative estimate of drug-likeness (QED) is 0.760. The highest BCUT2D eigenvalue weighted by atomic mass is 32.2. The number of hydrogen-bond donors (Lipinski definition) is 1. The number of nitrogens with zero attached hydrogens (tertiary/aromatic N) is 3. The minimum absolute atomic E-state index is 0.0812. The highest BCUT2D eigenvalue weighted by molar-refractivity contribution is 7.89. The van der Waals surface area contributed by atoms with Crippen molar-refractivity contribution in [2.75, 3.05) is 31.7 Å². The van der Waals surface area contributed by atoms with Gasteiger partial charge in [0.25, 0.3) is 5.56 Å². The topological polar surface area (TPSA) is 84.3 Å². The molecule has 0 radical (unpaired) electrons. The third-order valence-corrected chi connectivity index (χ3v) is 4.30. The number of aromatic nitrogens is 2. The van der Waals surface area contributed by atoms with Gasteiger partial charge in [0.05, 0.1) is 5.75 Å². The fraction of sp³-hybridized carbons (Fsp3) is 0.600. The lowest BCUT2D eigenvalue weighted by Crippen LogP contribution is -2.30. The Morgan fingerprint density at radius 2 is 2.11 bits per heavy atom. The Kier molecular flexibility index (Phi) is 4.85. The Bertz CT molecular complexity index is 550. The molecule has 0 bridgehead atoms. The van der Waals surface area contributed by atoms with E-state index < -0.39 is 10.0 Å². The van der Waals surface area contributed by atoms with Gasteiger partial charge in [-0.25, -0.2) is 17.7 Å². The maximum atomic E-state index is 11.8. The lowest BCUT2D eigenvalue weighted by atomic mass is 10.5. The molecule has 7 nitrogen and oxygen atoms in total. The number of sulfonamides is 1. The molecule has 0 atom stereocenters. The van der Waals surface area contributed by atoms with Crippen LogP contribution in [0.1, 0.15) is 6.92 Å². The molecular formula is C10H18N4O3S. The van der Waals surface area contributed by atoms with Crippen molar-refractivity contribution >= 4 is 15.8 Å². The van der Waals surface area contributed by atoms with Crippen LogP contribution in [0.2, 0.25) is 0 Å². The summed E-state index contributed by atoms with van der Waals surface area (Å²) in [6.45, 7) is 2.55. The molecule has 0 amide bonds. The van der Waals surface area contributed by atoms with Crippen LogP contribution in [0.4, 0.5) is 5.82 Å². The van der Waals surface area contributed by atoms with Crippen LogP contribution in [0, 0.1) is 0 Å².